The number of fused-ring (bicyclic) bond motifs is 1. The van der Waals surface area contributed by atoms with Gasteiger partial charge in [0.25, 0.3) is 0 Å². The number of rotatable bonds is 8. The first-order valence-corrected chi connectivity index (χ1v) is 11.1. The van der Waals surface area contributed by atoms with E-state index in [1.165, 1.54) is 12.3 Å². The molecule has 0 saturated heterocycles. The molecule has 180 valence electrons. The number of aromatic nitrogens is 2. The molecular weight excluding hydrogens is 455 g/mol. The van der Waals surface area contributed by atoms with Gasteiger partial charge < -0.3 is 9.64 Å². The molecule has 0 bridgehead atoms. The molecular formula is C27H24F3N3O2. The third-order valence-electron chi connectivity index (χ3n) is 5.56. The summed E-state index contributed by atoms with van der Waals surface area (Å²) in [5.74, 6) is 1.32. The van der Waals surface area contributed by atoms with E-state index in [-0.39, 0.29) is 18.6 Å². The van der Waals surface area contributed by atoms with Crippen molar-refractivity contribution in [2.75, 3.05) is 19.0 Å². The largest absolute Gasteiger partial charge is 0.457 e. The molecule has 0 N–H and O–H groups in total. The van der Waals surface area contributed by atoms with Crippen molar-refractivity contribution in [2.45, 2.75) is 25.4 Å². The molecule has 0 saturated carbocycles. The number of hydrogen-bond donors (Lipinski definition) is 0. The van der Waals surface area contributed by atoms with Crippen LogP contribution in [0.4, 0.5) is 18.9 Å². The van der Waals surface area contributed by atoms with Gasteiger partial charge in [0.15, 0.2) is 0 Å². The number of carbonyl (C=O) groups excluding carboxylic acids is 1. The van der Waals surface area contributed by atoms with Crippen molar-refractivity contribution in [1.29, 1.82) is 0 Å². The number of ether oxygens (including phenoxy) is 1. The normalized spacial score (nSPS) is 11.5. The SMILES string of the molecule is CN(C)c1ccc2c(Oc3ccc(CC(=O)CCc4ccc(C(F)(F)F)nc4)cc3)ccnc2c1. The highest BCUT2D eigenvalue weighted by Gasteiger charge is 2.31. The molecule has 0 radical (unpaired) electrons. The van der Waals surface area contributed by atoms with Crippen molar-refractivity contribution in [3.63, 3.8) is 0 Å². The monoisotopic (exact) mass is 479 g/mol. The first-order valence-electron chi connectivity index (χ1n) is 11.1. The van der Waals surface area contributed by atoms with E-state index < -0.39 is 11.9 Å². The second-order valence-electron chi connectivity index (χ2n) is 8.42. The highest BCUT2D eigenvalue weighted by Crippen LogP contribution is 2.31. The lowest BCUT2D eigenvalue weighted by molar-refractivity contribution is -0.141. The lowest BCUT2D eigenvalue weighted by Crippen LogP contribution is -2.08. The summed E-state index contributed by atoms with van der Waals surface area (Å²) in [5.41, 5.74) is 2.37. The van der Waals surface area contributed by atoms with E-state index in [1.54, 1.807) is 6.20 Å². The maximum atomic E-state index is 12.6. The number of aryl methyl sites for hydroxylation is 1. The average Bonchev–Trinajstić information content (AvgIpc) is 2.83. The smallest absolute Gasteiger partial charge is 0.433 e. The lowest BCUT2D eigenvalue weighted by atomic mass is 10.0. The van der Waals surface area contributed by atoms with Gasteiger partial charge in [-0.3, -0.25) is 14.8 Å². The van der Waals surface area contributed by atoms with Gasteiger partial charge in [0.2, 0.25) is 0 Å². The van der Waals surface area contributed by atoms with Crippen LogP contribution in [0.5, 0.6) is 11.5 Å². The van der Waals surface area contributed by atoms with Crippen LogP contribution in [0.15, 0.2) is 73.1 Å². The molecule has 0 atom stereocenters. The van der Waals surface area contributed by atoms with Gasteiger partial charge in [0.1, 0.15) is 23.0 Å². The highest BCUT2D eigenvalue weighted by atomic mass is 19.4. The Bertz CT molecular complexity index is 1320. The number of anilines is 1. The lowest BCUT2D eigenvalue weighted by Gasteiger charge is -2.14. The Labute approximate surface area is 201 Å². The van der Waals surface area contributed by atoms with Gasteiger partial charge in [-0.2, -0.15) is 13.2 Å². The van der Waals surface area contributed by atoms with Crippen LogP contribution >= 0.6 is 0 Å². The quantitative estimate of drug-likeness (QED) is 0.299. The number of halogens is 3. The van der Waals surface area contributed by atoms with Gasteiger partial charge in [-0.25, -0.2) is 0 Å². The third kappa shape index (κ3) is 6.15. The molecule has 4 aromatic rings. The van der Waals surface area contributed by atoms with E-state index in [4.69, 9.17) is 4.74 Å². The van der Waals surface area contributed by atoms with E-state index in [9.17, 15) is 18.0 Å². The Kier molecular flexibility index (Phi) is 7.00. The minimum atomic E-state index is -4.47. The number of ketones is 1. The van der Waals surface area contributed by atoms with Crippen LogP contribution in [-0.4, -0.2) is 29.8 Å². The molecule has 0 unspecified atom stereocenters. The molecule has 0 aliphatic rings. The van der Waals surface area contributed by atoms with Gasteiger partial charge in [-0.15, -0.1) is 0 Å². The van der Waals surface area contributed by atoms with Gasteiger partial charge in [-0.05, 0) is 60.0 Å². The van der Waals surface area contributed by atoms with Crippen molar-refractivity contribution in [3.8, 4) is 11.5 Å². The van der Waals surface area contributed by atoms with E-state index in [1.807, 2.05) is 67.5 Å². The fraction of sp³-hybridized carbons (Fsp3) is 0.222. The first kappa shape index (κ1) is 24.2. The first-order chi connectivity index (χ1) is 16.7. The van der Waals surface area contributed by atoms with Crippen molar-refractivity contribution >= 4 is 22.4 Å². The molecule has 0 spiro atoms. The third-order valence-corrected chi connectivity index (χ3v) is 5.56. The molecule has 2 aromatic heterocycles. The summed E-state index contributed by atoms with van der Waals surface area (Å²) in [6.07, 6.45) is -0.786. The standard InChI is InChI=1S/C27H24F3N3O2/c1-33(2)20-7-11-23-24(16-20)31-14-13-25(23)35-22-9-4-18(5-10-22)15-21(34)8-3-19-6-12-26(32-17-19)27(28,29)30/h4-7,9-14,16-17H,3,8,15H2,1-2H3. The summed E-state index contributed by atoms with van der Waals surface area (Å²) < 4.78 is 43.9. The zero-order valence-electron chi connectivity index (χ0n) is 19.3. The predicted molar refractivity (Wildman–Crippen MR) is 129 cm³/mol. The van der Waals surface area contributed by atoms with E-state index in [2.05, 4.69) is 9.97 Å². The number of alkyl halides is 3. The molecule has 8 heteroatoms. The van der Waals surface area contributed by atoms with Crippen LogP contribution in [0.1, 0.15) is 23.2 Å². The molecule has 0 aliphatic carbocycles. The maximum Gasteiger partial charge on any atom is 0.433 e. The Morgan fingerprint density at radius 3 is 2.34 bits per heavy atom. The molecule has 5 nitrogen and oxygen atoms in total. The zero-order valence-corrected chi connectivity index (χ0v) is 19.3. The second-order valence-corrected chi connectivity index (χ2v) is 8.42. The van der Waals surface area contributed by atoms with Crippen LogP contribution in [-0.2, 0) is 23.8 Å². The maximum absolute atomic E-state index is 12.6. The highest BCUT2D eigenvalue weighted by molar-refractivity contribution is 5.88. The van der Waals surface area contributed by atoms with Crippen LogP contribution in [0.25, 0.3) is 10.9 Å². The van der Waals surface area contributed by atoms with Crippen molar-refractivity contribution in [3.05, 3.63) is 89.9 Å². The molecule has 0 amide bonds. The number of pyridine rings is 2. The summed E-state index contributed by atoms with van der Waals surface area (Å²) in [6.45, 7) is 0. The van der Waals surface area contributed by atoms with Crippen LogP contribution in [0.3, 0.4) is 0 Å². The van der Waals surface area contributed by atoms with Crippen LogP contribution in [0, 0.1) is 0 Å². The molecule has 0 aliphatic heterocycles. The van der Waals surface area contributed by atoms with Crippen molar-refractivity contribution < 1.29 is 22.7 Å². The minimum absolute atomic E-state index is 0.00427. The van der Waals surface area contributed by atoms with Gasteiger partial charge >= 0.3 is 6.18 Å². The summed E-state index contributed by atoms with van der Waals surface area (Å²) in [6, 6.07) is 17.4. The van der Waals surface area contributed by atoms with Gasteiger partial charge in [-0.1, -0.05) is 18.2 Å². The second kappa shape index (κ2) is 10.1. The molecule has 35 heavy (non-hydrogen) atoms. The summed E-state index contributed by atoms with van der Waals surface area (Å²) in [4.78, 5) is 22.2. The fourth-order valence-corrected chi connectivity index (χ4v) is 3.62. The predicted octanol–water partition coefficient (Wildman–Crippen LogP) is 6.25. The van der Waals surface area contributed by atoms with Crippen molar-refractivity contribution in [1.82, 2.24) is 9.97 Å². The van der Waals surface area contributed by atoms with Crippen molar-refractivity contribution in [2.24, 2.45) is 0 Å². The molecule has 0 fully saturated rings. The number of carbonyl (C=O) groups is 1. The molecule has 4 rings (SSSR count). The number of nitrogens with zero attached hydrogens (tertiary/aromatic N) is 3. The minimum Gasteiger partial charge on any atom is -0.457 e. The van der Waals surface area contributed by atoms with E-state index >= 15 is 0 Å². The number of hydrogen-bond acceptors (Lipinski definition) is 5. The van der Waals surface area contributed by atoms with Gasteiger partial charge in [0, 0.05) is 50.4 Å². The topological polar surface area (TPSA) is 55.3 Å². The Balaban J connectivity index is 1.35. The Morgan fingerprint density at radius 1 is 0.943 bits per heavy atom. The Hall–Kier alpha value is -3.94. The Morgan fingerprint density at radius 2 is 1.69 bits per heavy atom. The fourth-order valence-electron chi connectivity index (χ4n) is 3.62. The average molecular weight is 480 g/mol. The summed E-state index contributed by atoms with van der Waals surface area (Å²) in [5, 5.41) is 0.898. The number of Topliss-reactive ketones (excluding diaryl/α,β-unsaturated/α-hetero) is 1. The van der Waals surface area contributed by atoms with Crippen LogP contribution in [0.2, 0.25) is 0 Å². The zero-order chi connectivity index (χ0) is 25.0. The molecule has 2 heterocycles. The van der Waals surface area contributed by atoms with E-state index in [0.29, 0.717) is 23.5 Å². The summed E-state index contributed by atoms with van der Waals surface area (Å²) >= 11 is 0. The molecule has 2 aromatic carbocycles. The number of benzene rings is 2. The van der Waals surface area contributed by atoms with Crippen LogP contribution < -0.4 is 9.64 Å². The summed E-state index contributed by atoms with van der Waals surface area (Å²) in [7, 11) is 3.94. The van der Waals surface area contributed by atoms with Gasteiger partial charge in [0.05, 0.1) is 5.52 Å². The van der Waals surface area contributed by atoms with E-state index in [0.717, 1.165) is 28.2 Å².